The van der Waals surface area contributed by atoms with Gasteiger partial charge in [-0.25, -0.2) is 0 Å². The molecule has 268 valence electrons. The Balaban J connectivity index is 0.000000340. The monoisotopic (exact) mass is 688 g/mol. The van der Waals surface area contributed by atoms with Crippen LogP contribution in [-0.4, -0.2) is 62.8 Å². The first-order valence-electron chi connectivity index (χ1n) is 15.6. The number of ether oxygens (including phenoxy) is 2. The Hall–Kier alpha value is -5.06. The van der Waals surface area contributed by atoms with E-state index >= 15 is 0 Å². The second-order valence-electron chi connectivity index (χ2n) is 12.5. The second kappa shape index (κ2) is 18.1. The number of aliphatic hydroxyl groups is 3. The quantitative estimate of drug-likeness (QED) is 0.0925. The van der Waals surface area contributed by atoms with Crippen LogP contribution in [0.15, 0.2) is 90.2 Å². The lowest BCUT2D eigenvalue weighted by Gasteiger charge is -2.32. The number of carbonyl (C=O) groups excluding carboxylic acids is 1. The van der Waals surface area contributed by atoms with Gasteiger partial charge in [-0.1, -0.05) is 48.9 Å². The molecule has 0 aliphatic heterocycles. The largest absolute Gasteiger partial charge is 0.490 e. The molecule has 0 bridgehead atoms. The van der Waals surface area contributed by atoms with E-state index in [1.807, 2.05) is 38.1 Å². The van der Waals surface area contributed by atoms with Gasteiger partial charge in [0.25, 0.3) is 11.6 Å². The number of aryl methyl sites for hydroxylation is 3. The molecular weight excluding hydrogens is 640 g/mol. The summed E-state index contributed by atoms with van der Waals surface area (Å²) in [5.74, 6) is 0.617. The van der Waals surface area contributed by atoms with E-state index in [1.165, 1.54) is 19.9 Å². The Bertz CT molecular complexity index is 1710. The van der Waals surface area contributed by atoms with Crippen molar-refractivity contribution in [3.05, 3.63) is 123 Å². The highest BCUT2D eigenvalue weighted by atomic mass is 16.6. The Labute approximate surface area is 293 Å². The molecule has 4 rings (SSSR count). The molecule has 0 spiro atoms. The van der Waals surface area contributed by atoms with Crippen LogP contribution in [0, 0.1) is 42.2 Å². The molecule has 50 heavy (non-hydrogen) atoms. The lowest BCUT2D eigenvalue weighted by atomic mass is 9.99. The Kier molecular flexibility index (Phi) is 14.9. The van der Waals surface area contributed by atoms with Gasteiger partial charge in [0.05, 0.1) is 16.6 Å². The Morgan fingerprint density at radius 2 is 1.52 bits per heavy atom. The van der Waals surface area contributed by atoms with Crippen molar-refractivity contribution in [3.8, 4) is 17.6 Å². The number of nitrogens with one attached hydrogen (secondary N) is 2. The van der Waals surface area contributed by atoms with Crippen LogP contribution in [0.1, 0.15) is 56.9 Å². The zero-order valence-corrected chi connectivity index (χ0v) is 28.6. The standard InChI is InChI=1S/C19H20N2O3.C18H24N2O5.CH4/c1-13-4-8-17(9-5-13)24-12-19(3,23)18(22)21-16-7-6-15(11-20)14(2)10-16;1-12-4-7-15(8-5-12)25-11-18(3,22)17(21)19-14-6-9-16(20(23)24)13(2)10-14;/h4-10,23H,12H2,1-3H3,(H,21,22);4-5,7-10,14,17,19,21-22H,6,11H2,1-3H3;1H4/t19-;14?,17?,18-;/m00./s1. The number of carbonyl (C=O) groups is 1. The molecular formula is C38H48N4O8. The SMILES string of the molecule is C.CC1=CC(NC(O)[C@@](C)(O)COc2ccc(C)cc2)CC=C1[N+](=O)[O-].Cc1ccc(OC[C@](C)(O)C(=O)Nc2ccc(C#N)c(C)c2)cc1. The summed E-state index contributed by atoms with van der Waals surface area (Å²) in [5, 5.41) is 56.4. The molecule has 5 N–H and O–H groups in total. The molecule has 0 aromatic heterocycles. The summed E-state index contributed by atoms with van der Waals surface area (Å²) in [6.45, 7) is 9.95. The molecule has 0 fully saturated rings. The van der Waals surface area contributed by atoms with Crippen molar-refractivity contribution in [3.63, 3.8) is 0 Å². The third kappa shape index (κ3) is 12.1. The molecule has 3 aromatic rings. The summed E-state index contributed by atoms with van der Waals surface area (Å²) < 4.78 is 11.0. The molecule has 1 aliphatic carbocycles. The molecule has 4 atom stereocenters. The van der Waals surface area contributed by atoms with Gasteiger partial charge < -0.3 is 30.1 Å². The van der Waals surface area contributed by atoms with Gasteiger partial charge in [-0.3, -0.25) is 20.2 Å². The van der Waals surface area contributed by atoms with E-state index in [-0.39, 0.29) is 32.4 Å². The summed E-state index contributed by atoms with van der Waals surface area (Å²) in [4.78, 5) is 22.7. The van der Waals surface area contributed by atoms with Gasteiger partial charge in [-0.2, -0.15) is 5.26 Å². The van der Waals surface area contributed by atoms with Crippen LogP contribution in [0.5, 0.6) is 11.5 Å². The number of nitrogens with zero attached hydrogens (tertiary/aromatic N) is 2. The van der Waals surface area contributed by atoms with Crippen LogP contribution in [0.4, 0.5) is 5.69 Å². The van der Waals surface area contributed by atoms with E-state index in [9.17, 15) is 30.2 Å². The molecule has 0 heterocycles. The number of amides is 1. The summed E-state index contributed by atoms with van der Waals surface area (Å²) >= 11 is 0. The highest BCUT2D eigenvalue weighted by Crippen LogP contribution is 2.22. The maximum absolute atomic E-state index is 12.3. The van der Waals surface area contributed by atoms with E-state index < -0.39 is 28.3 Å². The first kappa shape index (κ1) is 41.1. The van der Waals surface area contributed by atoms with Gasteiger partial charge in [-0.05, 0) is 102 Å². The third-order valence-electron chi connectivity index (χ3n) is 7.76. The number of aliphatic hydroxyl groups excluding tert-OH is 1. The van der Waals surface area contributed by atoms with E-state index in [4.69, 9.17) is 14.7 Å². The van der Waals surface area contributed by atoms with Gasteiger partial charge in [0.1, 0.15) is 36.5 Å². The Morgan fingerprint density at radius 1 is 0.980 bits per heavy atom. The van der Waals surface area contributed by atoms with Crippen molar-refractivity contribution >= 4 is 11.6 Å². The number of nitro groups is 1. The van der Waals surface area contributed by atoms with Gasteiger partial charge in [-0.15, -0.1) is 0 Å². The molecule has 0 radical (unpaired) electrons. The molecule has 0 saturated heterocycles. The Morgan fingerprint density at radius 3 is 2.00 bits per heavy atom. The van der Waals surface area contributed by atoms with Gasteiger partial charge in [0.15, 0.2) is 5.60 Å². The van der Waals surface area contributed by atoms with Crippen LogP contribution in [0.3, 0.4) is 0 Å². The van der Waals surface area contributed by atoms with E-state index in [1.54, 1.807) is 62.4 Å². The summed E-state index contributed by atoms with van der Waals surface area (Å²) in [7, 11) is 0. The number of anilines is 1. The van der Waals surface area contributed by atoms with Crippen LogP contribution in [0.2, 0.25) is 0 Å². The van der Waals surface area contributed by atoms with Gasteiger partial charge in [0.2, 0.25) is 0 Å². The third-order valence-corrected chi connectivity index (χ3v) is 7.76. The predicted octanol–water partition coefficient (Wildman–Crippen LogP) is 5.49. The first-order chi connectivity index (χ1) is 23.0. The zero-order chi connectivity index (χ0) is 36.4. The van der Waals surface area contributed by atoms with E-state index in [0.717, 1.165) is 16.7 Å². The van der Waals surface area contributed by atoms with Gasteiger partial charge in [0, 0.05) is 17.3 Å². The summed E-state index contributed by atoms with van der Waals surface area (Å²) in [6.07, 6.45) is 2.30. The second-order valence-corrected chi connectivity index (χ2v) is 12.5. The maximum Gasteiger partial charge on any atom is 0.268 e. The van der Waals surface area contributed by atoms with Crippen molar-refractivity contribution in [2.45, 2.75) is 78.9 Å². The highest BCUT2D eigenvalue weighted by molar-refractivity contribution is 5.97. The van der Waals surface area contributed by atoms with E-state index in [0.29, 0.717) is 34.7 Å². The molecule has 0 saturated carbocycles. The molecule has 12 heteroatoms. The van der Waals surface area contributed by atoms with Crippen LogP contribution < -0.4 is 20.1 Å². The van der Waals surface area contributed by atoms with Crippen LogP contribution in [0.25, 0.3) is 0 Å². The normalized spacial score (nSPS) is 16.6. The van der Waals surface area contributed by atoms with Crippen molar-refractivity contribution < 1.29 is 34.5 Å². The number of rotatable bonds is 12. The molecule has 12 nitrogen and oxygen atoms in total. The fraction of sp³-hybridized carbons (Fsp3) is 0.368. The summed E-state index contributed by atoms with van der Waals surface area (Å²) in [6, 6.07) is 21.4. The number of hydrogen-bond donors (Lipinski definition) is 5. The van der Waals surface area contributed by atoms with Crippen molar-refractivity contribution in [1.29, 1.82) is 5.26 Å². The number of nitriles is 1. The predicted molar refractivity (Wildman–Crippen MR) is 192 cm³/mol. The molecule has 1 aliphatic rings. The van der Waals surface area contributed by atoms with E-state index in [2.05, 4.69) is 16.7 Å². The average Bonchev–Trinajstić information content (AvgIpc) is 3.04. The minimum absolute atomic E-state index is 0. The van der Waals surface area contributed by atoms with Crippen molar-refractivity contribution in [2.24, 2.45) is 0 Å². The topological polar surface area (TPSA) is 187 Å². The van der Waals surface area contributed by atoms with Crippen molar-refractivity contribution in [2.75, 3.05) is 18.5 Å². The maximum atomic E-state index is 12.3. The molecule has 2 unspecified atom stereocenters. The smallest absolute Gasteiger partial charge is 0.268 e. The first-order valence-corrected chi connectivity index (χ1v) is 15.6. The molecule has 3 aromatic carbocycles. The van der Waals surface area contributed by atoms with Gasteiger partial charge >= 0.3 is 0 Å². The highest BCUT2D eigenvalue weighted by Gasteiger charge is 2.34. The minimum atomic E-state index is -1.69. The minimum Gasteiger partial charge on any atom is -0.490 e. The average molecular weight is 689 g/mol. The number of allylic oxidation sites excluding steroid dienone is 1. The zero-order valence-electron chi connectivity index (χ0n) is 28.6. The van der Waals surface area contributed by atoms with Crippen molar-refractivity contribution in [1.82, 2.24) is 5.32 Å². The lowest BCUT2D eigenvalue weighted by molar-refractivity contribution is -0.421. The fourth-order valence-corrected chi connectivity index (χ4v) is 4.57. The fourth-order valence-electron chi connectivity index (χ4n) is 4.57. The molecule has 1 amide bonds. The lowest BCUT2D eigenvalue weighted by Crippen LogP contribution is -2.55. The van der Waals surface area contributed by atoms with Crippen LogP contribution >= 0.6 is 0 Å². The summed E-state index contributed by atoms with van der Waals surface area (Å²) in [5.41, 5.74) is 1.40. The number of benzene rings is 3. The van der Waals surface area contributed by atoms with Crippen LogP contribution in [-0.2, 0) is 4.79 Å². The number of hydrogen-bond acceptors (Lipinski definition) is 10.